The van der Waals surface area contributed by atoms with Gasteiger partial charge in [0.05, 0.1) is 11.0 Å². The Morgan fingerprint density at radius 3 is 2.95 bits per heavy atom. The van der Waals surface area contributed by atoms with Gasteiger partial charge in [0.25, 0.3) is 5.69 Å². The van der Waals surface area contributed by atoms with Crippen LogP contribution in [-0.2, 0) is 4.74 Å². The first-order valence-corrected chi connectivity index (χ1v) is 7.75. The second-order valence-corrected chi connectivity index (χ2v) is 5.59. The maximum Gasteiger partial charge on any atom is 0.269 e. The molecule has 1 fully saturated rings. The van der Waals surface area contributed by atoms with Gasteiger partial charge >= 0.3 is 0 Å². The average Bonchev–Trinajstić information content (AvgIpc) is 2.95. The highest BCUT2D eigenvalue weighted by atomic mass is 16.6. The van der Waals surface area contributed by atoms with Crippen molar-refractivity contribution in [3.05, 3.63) is 39.9 Å². The third-order valence-corrected chi connectivity index (χ3v) is 4.27. The Morgan fingerprint density at radius 2 is 2.29 bits per heavy atom. The molecule has 0 aliphatic carbocycles. The van der Waals surface area contributed by atoms with E-state index in [2.05, 4.69) is 19.2 Å². The molecule has 3 unspecified atom stereocenters. The number of hydrogen-bond acceptors (Lipinski definition) is 4. The lowest BCUT2D eigenvalue weighted by Crippen LogP contribution is -2.31. The summed E-state index contributed by atoms with van der Waals surface area (Å²) in [6.07, 6.45) is 3.39. The second-order valence-electron chi connectivity index (χ2n) is 5.59. The Balaban J connectivity index is 1.99. The molecule has 0 aromatic heterocycles. The smallest absolute Gasteiger partial charge is 0.269 e. The van der Waals surface area contributed by atoms with Gasteiger partial charge in [0.15, 0.2) is 0 Å². The Morgan fingerprint density at radius 1 is 1.48 bits per heavy atom. The fraction of sp³-hybridized carbons (Fsp3) is 0.625. The van der Waals surface area contributed by atoms with E-state index >= 15 is 0 Å². The van der Waals surface area contributed by atoms with Crippen LogP contribution in [0.1, 0.15) is 44.7 Å². The molecule has 0 radical (unpaired) electrons. The van der Waals surface area contributed by atoms with Crippen LogP contribution < -0.4 is 5.32 Å². The van der Waals surface area contributed by atoms with Crippen LogP contribution in [-0.4, -0.2) is 24.2 Å². The topological polar surface area (TPSA) is 64.4 Å². The lowest BCUT2D eigenvalue weighted by atomic mass is 9.97. The summed E-state index contributed by atoms with van der Waals surface area (Å²) < 4.78 is 5.71. The fourth-order valence-electron chi connectivity index (χ4n) is 3.02. The standard InChI is InChI=1S/C16H24N2O3/c1-3-15(12-6-5-7-14(10-12)18(19)20)17-11-13-8-9-21-16(13)4-2/h5-7,10,13,15-17H,3-4,8-9,11H2,1-2H3. The number of benzene rings is 1. The van der Waals surface area contributed by atoms with E-state index in [1.807, 2.05) is 6.07 Å². The van der Waals surface area contributed by atoms with E-state index in [-0.39, 0.29) is 16.7 Å². The van der Waals surface area contributed by atoms with Crippen molar-refractivity contribution in [1.82, 2.24) is 5.32 Å². The van der Waals surface area contributed by atoms with E-state index in [0.717, 1.165) is 38.0 Å². The third-order valence-electron chi connectivity index (χ3n) is 4.27. The molecular formula is C16H24N2O3. The van der Waals surface area contributed by atoms with Gasteiger partial charge in [-0.15, -0.1) is 0 Å². The van der Waals surface area contributed by atoms with Crippen LogP contribution in [0.15, 0.2) is 24.3 Å². The van der Waals surface area contributed by atoms with E-state index in [4.69, 9.17) is 4.74 Å². The van der Waals surface area contributed by atoms with Gasteiger partial charge in [-0.05, 0) is 30.7 Å². The number of nitro benzene ring substituents is 1. The van der Waals surface area contributed by atoms with Crippen molar-refractivity contribution in [3.63, 3.8) is 0 Å². The first-order valence-electron chi connectivity index (χ1n) is 7.75. The molecule has 116 valence electrons. The summed E-state index contributed by atoms with van der Waals surface area (Å²) >= 11 is 0. The van der Waals surface area contributed by atoms with Gasteiger partial charge in [-0.3, -0.25) is 10.1 Å². The molecule has 0 bridgehead atoms. The molecule has 1 aliphatic rings. The van der Waals surface area contributed by atoms with Gasteiger partial charge in [-0.2, -0.15) is 0 Å². The van der Waals surface area contributed by atoms with Gasteiger partial charge in [0, 0.05) is 31.3 Å². The van der Waals surface area contributed by atoms with E-state index < -0.39 is 0 Å². The molecule has 5 heteroatoms. The number of rotatable bonds is 7. The quantitative estimate of drug-likeness (QED) is 0.617. The minimum absolute atomic E-state index is 0.156. The summed E-state index contributed by atoms with van der Waals surface area (Å²) in [6, 6.07) is 7.07. The largest absolute Gasteiger partial charge is 0.378 e. The predicted molar refractivity (Wildman–Crippen MR) is 82.3 cm³/mol. The van der Waals surface area contributed by atoms with Crippen LogP contribution in [0.4, 0.5) is 5.69 Å². The van der Waals surface area contributed by atoms with Gasteiger partial charge in [-0.25, -0.2) is 0 Å². The molecule has 5 nitrogen and oxygen atoms in total. The monoisotopic (exact) mass is 292 g/mol. The van der Waals surface area contributed by atoms with Crippen molar-refractivity contribution in [1.29, 1.82) is 0 Å². The van der Waals surface area contributed by atoms with Crippen molar-refractivity contribution >= 4 is 5.69 Å². The van der Waals surface area contributed by atoms with Crippen LogP contribution in [0.5, 0.6) is 0 Å². The van der Waals surface area contributed by atoms with Gasteiger partial charge in [0.2, 0.25) is 0 Å². The highest BCUT2D eigenvalue weighted by Gasteiger charge is 2.27. The molecule has 0 amide bonds. The molecule has 0 spiro atoms. The van der Waals surface area contributed by atoms with Crippen molar-refractivity contribution < 1.29 is 9.66 Å². The second kappa shape index (κ2) is 7.52. The van der Waals surface area contributed by atoms with Gasteiger partial charge in [-0.1, -0.05) is 26.0 Å². The Kier molecular flexibility index (Phi) is 5.70. The minimum atomic E-state index is -0.339. The van der Waals surface area contributed by atoms with Crippen molar-refractivity contribution in [2.75, 3.05) is 13.2 Å². The number of ether oxygens (including phenoxy) is 1. The lowest BCUT2D eigenvalue weighted by Gasteiger charge is -2.22. The van der Waals surface area contributed by atoms with Crippen LogP contribution in [0.2, 0.25) is 0 Å². The SMILES string of the molecule is CCC(NCC1CCOC1CC)c1cccc([N+](=O)[O-])c1. The number of nitrogens with one attached hydrogen (secondary N) is 1. The highest BCUT2D eigenvalue weighted by molar-refractivity contribution is 5.35. The van der Waals surface area contributed by atoms with Gasteiger partial charge < -0.3 is 10.1 Å². The zero-order chi connectivity index (χ0) is 15.2. The first-order chi connectivity index (χ1) is 10.2. The zero-order valence-electron chi connectivity index (χ0n) is 12.7. The van der Waals surface area contributed by atoms with Crippen molar-refractivity contribution in [2.24, 2.45) is 5.92 Å². The highest BCUT2D eigenvalue weighted by Crippen LogP contribution is 2.25. The van der Waals surface area contributed by atoms with Crippen molar-refractivity contribution in [3.8, 4) is 0 Å². The van der Waals surface area contributed by atoms with E-state index in [1.54, 1.807) is 12.1 Å². The lowest BCUT2D eigenvalue weighted by molar-refractivity contribution is -0.384. The summed E-state index contributed by atoms with van der Waals surface area (Å²) in [4.78, 5) is 10.5. The normalized spacial score (nSPS) is 23.1. The average molecular weight is 292 g/mol. The molecular weight excluding hydrogens is 268 g/mol. The van der Waals surface area contributed by atoms with Gasteiger partial charge in [0.1, 0.15) is 0 Å². The van der Waals surface area contributed by atoms with E-state index in [1.165, 1.54) is 6.07 Å². The van der Waals surface area contributed by atoms with Crippen LogP contribution in [0.3, 0.4) is 0 Å². The third kappa shape index (κ3) is 4.02. The number of nitrogens with zero attached hydrogens (tertiary/aromatic N) is 1. The summed E-state index contributed by atoms with van der Waals surface area (Å²) in [5, 5.41) is 14.4. The molecule has 1 N–H and O–H groups in total. The van der Waals surface area contributed by atoms with Crippen LogP contribution in [0.25, 0.3) is 0 Å². The molecule has 1 heterocycles. The van der Waals surface area contributed by atoms with Crippen molar-refractivity contribution in [2.45, 2.75) is 45.3 Å². The minimum Gasteiger partial charge on any atom is -0.378 e. The summed E-state index contributed by atoms with van der Waals surface area (Å²) in [6.45, 7) is 6.00. The molecule has 0 saturated carbocycles. The molecule has 1 aromatic rings. The molecule has 1 saturated heterocycles. The first kappa shape index (κ1) is 15.9. The number of hydrogen-bond donors (Lipinski definition) is 1. The summed E-state index contributed by atoms with van der Waals surface area (Å²) in [5.74, 6) is 0.544. The van der Waals surface area contributed by atoms with E-state index in [0.29, 0.717) is 12.0 Å². The summed E-state index contributed by atoms with van der Waals surface area (Å²) in [7, 11) is 0. The molecule has 1 aliphatic heterocycles. The van der Waals surface area contributed by atoms with E-state index in [9.17, 15) is 10.1 Å². The fourth-order valence-corrected chi connectivity index (χ4v) is 3.02. The Hall–Kier alpha value is -1.46. The maximum absolute atomic E-state index is 10.9. The van der Waals surface area contributed by atoms with Crippen LogP contribution in [0, 0.1) is 16.0 Å². The Labute approximate surface area is 125 Å². The van der Waals surface area contributed by atoms with Crippen LogP contribution >= 0.6 is 0 Å². The molecule has 21 heavy (non-hydrogen) atoms. The molecule has 1 aromatic carbocycles. The number of nitro groups is 1. The molecule has 2 rings (SSSR count). The summed E-state index contributed by atoms with van der Waals surface area (Å²) in [5.41, 5.74) is 1.14. The zero-order valence-corrected chi connectivity index (χ0v) is 12.7. The molecule has 3 atom stereocenters. The Bertz CT molecular complexity index is 478. The number of non-ortho nitro benzene ring substituents is 1. The predicted octanol–water partition coefficient (Wildman–Crippen LogP) is 3.45. The maximum atomic E-state index is 10.9.